The molecule has 1 amide bonds. The summed E-state index contributed by atoms with van der Waals surface area (Å²) in [6.07, 6.45) is 2.22. The van der Waals surface area contributed by atoms with Crippen LogP contribution in [-0.2, 0) is 14.6 Å². The molecule has 0 spiro atoms. The third-order valence-corrected chi connectivity index (χ3v) is 5.65. The molecule has 1 aromatic carbocycles. The molecule has 0 aromatic heterocycles. The zero-order chi connectivity index (χ0) is 16.9. The van der Waals surface area contributed by atoms with Gasteiger partial charge < -0.3 is 9.64 Å². The molecule has 0 bridgehead atoms. The number of hydrogen-bond acceptors (Lipinski definition) is 4. The Bertz CT molecular complexity index is 630. The van der Waals surface area contributed by atoms with Gasteiger partial charge in [0.05, 0.1) is 11.5 Å². The molecule has 1 aliphatic heterocycles. The quantitative estimate of drug-likeness (QED) is 0.760. The average Bonchev–Trinajstić information content (AvgIpc) is 2.87. The highest BCUT2D eigenvalue weighted by Crippen LogP contribution is 2.19. The predicted octanol–water partition coefficient (Wildman–Crippen LogP) is 2.02. The number of rotatable bonds is 7. The van der Waals surface area contributed by atoms with Crippen molar-refractivity contribution < 1.29 is 22.3 Å². The van der Waals surface area contributed by atoms with Crippen molar-refractivity contribution in [2.24, 2.45) is 0 Å². The lowest BCUT2D eigenvalue weighted by atomic mass is 10.2. The summed E-state index contributed by atoms with van der Waals surface area (Å²) in [6.45, 7) is 2.37. The highest BCUT2D eigenvalue weighted by molar-refractivity contribution is 7.91. The van der Waals surface area contributed by atoms with Crippen molar-refractivity contribution in [2.75, 3.05) is 24.7 Å². The van der Waals surface area contributed by atoms with Crippen molar-refractivity contribution in [2.45, 2.75) is 32.2 Å². The van der Waals surface area contributed by atoms with Gasteiger partial charge in [0.1, 0.15) is 11.6 Å². The van der Waals surface area contributed by atoms with E-state index < -0.39 is 9.84 Å². The number of halogens is 1. The molecule has 128 valence electrons. The number of nitrogens with zero attached hydrogens (tertiary/aromatic N) is 1. The molecule has 1 aliphatic rings. The minimum absolute atomic E-state index is 0.0268. The molecule has 2 rings (SSSR count). The van der Waals surface area contributed by atoms with Crippen LogP contribution in [0.4, 0.5) is 4.39 Å². The van der Waals surface area contributed by atoms with Crippen LogP contribution < -0.4 is 4.74 Å². The third-order valence-electron chi connectivity index (χ3n) is 3.90. The number of unbranched alkanes of at least 4 members (excludes halogenated alkanes) is 1. The monoisotopic (exact) mass is 343 g/mol. The van der Waals surface area contributed by atoms with E-state index in [4.69, 9.17) is 4.74 Å². The maximum atomic E-state index is 12.8. The Hall–Kier alpha value is -1.63. The standard InChI is InChI=1S/C16H22FNO4S/c1-2-3-9-18(14-8-10-23(20,21)12-14)16(19)11-22-15-6-4-13(17)5-7-15/h4-7,14H,2-3,8-12H2,1H3. The summed E-state index contributed by atoms with van der Waals surface area (Å²) < 4.78 is 41.5. The van der Waals surface area contributed by atoms with E-state index in [0.717, 1.165) is 12.8 Å². The van der Waals surface area contributed by atoms with Crippen molar-refractivity contribution in [3.8, 4) is 5.75 Å². The maximum absolute atomic E-state index is 12.8. The first kappa shape index (κ1) is 17.7. The van der Waals surface area contributed by atoms with Crippen LogP contribution >= 0.6 is 0 Å². The molecular formula is C16H22FNO4S. The second-order valence-corrected chi connectivity index (χ2v) is 7.97. The topological polar surface area (TPSA) is 63.7 Å². The Kier molecular flexibility index (Phi) is 5.98. The summed E-state index contributed by atoms with van der Waals surface area (Å²) in [5.41, 5.74) is 0. The van der Waals surface area contributed by atoms with Crippen molar-refractivity contribution in [3.63, 3.8) is 0 Å². The zero-order valence-electron chi connectivity index (χ0n) is 13.2. The smallest absolute Gasteiger partial charge is 0.260 e. The second kappa shape index (κ2) is 7.77. The lowest BCUT2D eigenvalue weighted by Crippen LogP contribution is -2.44. The number of carbonyl (C=O) groups is 1. The second-order valence-electron chi connectivity index (χ2n) is 5.74. The van der Waals surface area contributed by atoms with Gasteiger partial charge in [-0.2, -0.15) is 0 Å². The normalized spacial score (nSPS) is 19.5. The summed E-state index contributed by atoms with van der Waals surface area (Å²) in [6, 6.07) is 5.17. The van der Waals surface area contributed by atoms with Gasteiger partial charge in [-0.15, -0.1) is 0 Å². The van der Waals surface area contributed by atoms with E-state index in [2.05, 4.69) is 0 Å². The van der Waals surface area contributed by atoms with E-state index >= 15 is 0 Å². The van der Waals surface area contributed by atoms with Crippen molar-refractivity contribution in [1.29, 1.82) is 0 Å². The first-order chi connectivity index (χ1) is 10.9. The van der Waals surface area contributed by atoms with E-state index in [0.29, 0.717) is 18.7 Å². The van der Waals surface area contributed by atoms with E-state index in [-0.39, 0.29) is 35.9 Å². The largest absolute Gasteiger partial charge is 0.484 e. The fourth-order valence-electron chi connectivity index (χ4n) is 2.62. The Balaban J connectivity index is 1.97. The maximum Gasteiger partial charge on any atom is 0.260 e. The number of hydrogen-bond donors (Lipinski definition) is 0. The van der Waals surface area contributed by atoms with Crippen LogP contribution in [-0.4, -0.2) is 49.9 Å². The zero-order valence-corrected chi connectivity index (χ0v) is 14.0. The van der Waals surface area contributed by atoms with Gasteiger partial charge in [0.25, 0.3) is 5.91 Å². The Morgan fingerprint density at radius 1 is 1.35 bits per heavy atom. The minimum atomic E-state index is -3.05. The third kappa shape index (κ3) is 5.20. The lowest BCUT2D eigenvalue weighted by molar-refractivity contribution is -0.135. The van der Waals surface area contributed by atoms with Gasteiger partial charge in [0.2, 0.25) is 0 Å². The van der Waals surface area contributed by atoms with Crippen LogP contribution in [0.5, 0.6) is 5.75 Å². The van der Waals surface area contributed by atoms with Crippen molar-refractivity contribution in [1.82, 2.24) is 4.90 Å². The fraction of sp³-hybridized carbons (Fsp3) is 0.562. The first-order valence-electron chi connectivity index (χ1n) is 7.79. The molecular weight excluding hydrogens is 321 g/mol. The van der Waals surface area contributed by atoms with Crippen LogP contribution in [0.1, 0.15) is 26.2 Å². The van der Waals surface area contributed by atoms with Gasteiger partial charge in [-0.1, -0.05) is 13.3 Å². The number of ether oxygens (including phenoxy) is 1. The van der Waals surface area contributed by atoms with Crippen molar-refractivity contribution >= 4 is 15.7 Å². The van der Waals surface area contributed by atoms with Crippen LogP contribution in [0, 0.1) is 5.82 Å². The molecule has 0 N–H and O–H groups in total. The molecule has 1 atom stereocenters. The Morgan fingerprint density at radius 3 is 2.61 bits per heavy atom. The summed E-state index contributed by atoms with van der Waals surface area (Å²) in [5.74, 6) is -0.0331. The minimum Gasteiger partial charge on any atom is -0.484 e. The predicted molar refractivity (Wildman–Crippen MR) is 85.6 cm³/mol. The number of amides is 1. The van der Waals surface area contributed by atoms with Gasteiger partial charge >= 0.3 is 0 Å². The average molecular weight is 343 g/mol. The molecule has 1 aromatic rings. The molecule has 1 saturated heterocycles. The van der Waals surface area contributed by atoms with Gasteiger partial charge in [-0.05, 0) is 37.1 Å². The molecule has 0 radical (unpaired) electrons. The molecule has 23 heavy (non-hydrogen) atoms. The van der Waals surface area contributed by atoms with Crippen LogP contribution in [0.2, 0.25) is 0 Å². The van der Waals surface area contributed by atoms with E-state index in [9.17, 15) is 17.6 Å². The Morgan fingerprint density at radius 2 is 2.04 bits per heavy atom. The lowest BCUT2D eigenvalue weighted by Gasteiger charge is -2.28. The summed E-state index contributed by atoms with van der Waals surface area (Å²) in [5, 5.41) is 0. The summed E-state index contributed by atoms with van der Waals surface area (Å²) in [4.78, 5) is 14.0. The first-order valence-corrected chi connectivity index (χ1v) is 9.61. The highest BCUT2D eigenvalue weighted by Gasteiger charge is 2.34. The SMILES string of the molecule is CCCCN(C(=O)COc1ccc(F)cc1)C1CCS(=O)(=O)C1. The number of sulfone groups is 1. The molecule has 0 aliphatic carbocycles. The summed E-state index contributed by atoms with van der Waals surface area (Å²) >= 11 is 0. The molecule has 1 unspecified atom stereocenters. The van der Waals surface area contributed by atoms with Crippen LogP contribution in [0.25, 0.3) is 0 Å². The van der Waals surface area contributed by atoms with Crippen LogP contribution in [0.3, 0.4) is 0 Å². The van der Waals surface area contributed by atoms with E-state index in [1.54, 1.807) is 4.90 Å². The highest BCUT2D eigenvalue weighted by atomic mass is 32.2. The number of benzene rings is 1. The fourth-order valence-corrected chi connectivity index (χ4v) is 4.35. The van der Waals surface area contributed by atoms with Crippen LogP contribution in [0.15, 0.2) is 24.3 Å². The molecule has 7 heteroatoms. The van der Waals surface area contributed by atoms with Crippen molar-refractivity contribution in [3.05, 3.63) is 30.1 Å². The number of carbonyl (C=O) groups excluding carboxylic acids is 1. The molecule has 1 heterocycles. The Labute approximate surface area is 136 Å². The van der Waals surface area contributed by atoms with Gasteiger partial charge in [-0.25, -0.2) is 12.8 Å². The van der Waals surface area contributed by atoms with E-state index in [1.807, 2.05) is 6.92 Å². The molecule has 0 saturated carbocycles. The van der Waals surface area contributed by atoms with Gasteiger partial charge in [-0.3, -0.25) is 4.79 Å². The van der Waals surface area contributed by atoms with Gasteiger partial charge in [0, 0.05) is 12.6 Å². The van der Waals surface area contributed by atoms with Gasteiger partial charge in [0.15, 0.2) is 16.4 Å². The molecule has 1 fully saturated rings. The summed E-state index contributed by atoms with van der Waals surface area (Å²) in [7, 11) is -3.05. The molecule has 5 nitrogen and oxygen atoms in total. The van der Waals surface area contributed by atoms with E-state index in [1.165, 1.54) is 24.3 Å².